The molecule has 1 aliphatic heterocycles. The molecule has 126 valence electrons. The third-order valence-electron chi connectivity index (χ3n) is 4.60. The van der Waals surface area contributed by atoms with E-state index in [1.807, 2.05) is 0 Å². The van der Waals surface area contributed by atoms with E-state index in [-0.39, 0.29) is 6.04 Å². The molecule has 2 N–H and O–H groups in total. The molecule has 1 aliphatic carbocycles. The van der Waals surface area contributed by atoms with Crippen molar-refractivity contribution < 1.29 is 14.3 Å². The van der Waals surface area contributed by atoms with E-state index in [9.17, 15) is 9.59 Å². The van der Waals surface area contributed by atoms with Gasteiger partial charge in [0, 0.05) is 25.7 Å². The minimum Gasteiger partial charge on any atom is -0.379 e. The second-order valence-electron chi connectivity index (χ2n) is 6.49. The number of hydrogen-bond donors (Lipinski definition) is 2. The van der Waals surface area contributed by atoms with Crippen LogP contribution in [-0.2, 0) is 14.3 Å². The number of hydrogen-bond acceptors (Lipinski definition) is 4. The molecule has 1 heterocycles. The quantitative estimate of drug-likeness (QED) is 0.574. The average molecular weight is 311 g/mol. The summed E-state index contributed by atoms with van der Waals surface area (Å²) in [4.78, 5) is 25.9. The fourth-order valence-electron chi connectivity index (χ4n) is 3.06. The van der Waals surface area contributed by atoms with Crippen molar-refractivity contribution >= 4 is 11.8 Å². The molecule has 6 heteroatoms. The van der Waals surface area contributed by atoms with Crippen LogP contribution in [0.4, 0.5) is 0 Å². The van der Waals surface area contributed by atoms with Gasteiger partial charge in [-0.2, -0.15) is 0 Å². The van der Waals surface area contributed by atoms with Crippen LogP contribution in [-0.4, -0.2) is 62.1 Å². The van der Waals surface area contributed by atoms with Crippen LogP contribution >= 0.6 is 0 Å². The second kappa shape index (κ2) is 9.10. The van der Waals surface area contributed by atoms with Crippen molar-refractivity contribution in [3.05, 3.63) is 0 Å². The maximum absolute atomic E-state index is 11.8. The number of carbonyl (C=O) groups is 2. The number of rotatable bonds is 5. The number of ether oxygens (including phenoxy) is 1. The van der Waals surface area contributed by atoms with E-state index in [1.165, 1.54) is 0 Å². The Kier molecular flexibility index (Phi) is 7.12. The summed E-state index contributed by atoms with van der Waals surface area (Å²) in [6.07, 6.45) is 5.09. The van der Waals surface area contributed by atoms with Gasteiger partial charge in [0.1, 0.15) is 0 Å². The lowest BCUT2D eigenvalue weighted by atomic mass is 9.87. The molecular weight excluding hydrogens is 282 g/mol. The smallest absolute Gasteiger partial charge is 0.309 e. The summed E-state index contributed by atoms with van der Waals surface area (Å²) in [5, 5.41) is 5.56. The molecule has 1 saturated heterocycles. The summed E-state index contributed by atoms with van der Waals surface area (Å²) in [5.74, 6) is -0.242. The van der Waals surface area contributed by atoms with E-state index in [2.05, 4.69) is 22.5 Å². The Balaban J connectivity index is 1.55. The molecule has 0 bridgehead atoms. The highest BCUT2D eigenvalue weighted by atomic mass is 16.5. The Hall–Kier alpha value is -1.14. The largest absolute Gasteiger partial charge is 0.379 e. The first kappa shape index (κ1) is 17.2. The predicted octanol–water partition coefficient (Wildman–Crippen LogP) is 0.520. The molecule has 2 amide bonds. The van der Waals surface area contributed by atoms with Crippen LogP contribution in [0.3, 0.4) is 0 Å². The number of nitrogens with one attached hydrogen (secondary N) is 2. The highest BCUT2D eigenvalue weighted by Crippen LogP contribution is 2.23. The first-order valence-electron chi connectivity index (χ1n) is 8.54. The van der Waals surface area contributed by atoms with Gasteiger partial charge in [-0.3, -0.25) is 14.5 Å². The standard InChI is InChI=1S/C16H29N3O3/c1-13-3-5-14(6-4-13)18-16(21)15(20)17-7-2-8-19-9-11-22-12-10-19/h13-14H,2-12H2,1H3,(H,17,20)(H,18,21). The van der Waals surface area contributed by atoms with Crippen molar-refractivity contribution in [2.45, 2.75) is 45.1 Å². The van der Waals surface area contributed by atoms with Gasteiger partial charge in [-0.25, -0.2) is 0 Å². The highest BCUT2D eigenvalue weighted by molar-refractivity contribution is 6.35. The normalized spacial score (nSPS) is 26.4. The van der Waals surface area contributed by atoms with Crippen LogP contribution < -0.4 is 10.6 Å². The third kappa shape index (κ3) is 5.93. The van der Waals surface area contributed by atoms with Crippen LogP contribution in [0.25, 0.3) is 0 Å². The number of nitrogens with zero attached hydrogens (tertiary/aromatic N) is 1. The van der Waals surface area contributed by atoms with Gasteiger partial charge in [-0.15, -0.1) is 0 Å². The molecule has 0 unspecified atom stereocenters. The maximum Gasteiger partial charge on any atom is 0.309 e. The van der Waals surface area contributed by atoms with E-state index in [1.54, 1.807) is 0 Å². The Bertz CT molecular complexity index is 362. The zero-order valence-electron chi connectivity index (χ0n) is 13.6. The van der Waals surface area contributed by atoms with Crippen molar-refractivity contribution in [3.8, 4) is 0 Å². The Morgan fingerprint density at radius 2 is 1.77 bits per heavy atom. The summed E-state index contributed by atoms with van der Waals surface area (Å²) < 4.78 is 5.29. The molecule has 2 rings (SSSR count). The van der Waals surface area contributed by atoms with Crippen LogP contribution in [0, 0.1) is 5.92 Å². The van der Waals surface area contributed by atoms with E-state index in [0.29, 0.717) is 6.54 Å². The number of carbonyl (C=O) groups excluding carboxylic acids is 2. The first-order valence-corrected chi connectivity index (χ1v) is 8.54. The molecule has 0 aromatic rings. The Labute approximate surface area is 132 Å². The van der Waals surface area contributed by atoms with Gasteiger partial charge in [0.15, 0.2) is 0 Å². The SMILES string of the molecule is CC1CCC(NC(=O)C(=O)NCCCN2CCOCC2)CC1. The zero-order chi connectivity index (χ0) is 15.8. The lowest BCUT2D eigenvalue weighted by molar-refractivity contribution is -0.139. The molecule has 1 saturated carbocycles. The van der Waals surface area contributed by atoms with Gasteiger partial charge in [0.2, 0.25) is 0 Å². The van der Waals surface area contributed by atoms with Crippen LogP contribution in [0.2, 0.25) is 0 Å². The van der Waals surface area contributed by atoms with Crippen molar-refractivity contribution in [2.24, 2.45) is 5.92 Å². The molecule has 0 atom stereocenters. The van der Waals surface area contributed by atoms with Gasteiger partial charge in [0.25, 0.3) is 0 Å². The first-order chi connectivity index (χ1) is 10.6. The van der Waals surface area contributed by atoms with Gasteiger partial charge >= 0.3 is 11.8 Å². The van der Waals surface area contributed by atoms with Crippen molar-refractivity contribution in [1.82, 2.24) is 15.5 Å². The molecule has 22 heavy (non-hydrogen) atoms. The third-order valence-corrected chi connectivity index (χ3v) is 4.60. The van der Waals surface area contributed by atoms with E-state index < -0.39 is 11.8 Å². The Morgan fingerprint density at radius 1 is 1.09 bits per heavy atom. The zero-order valence-corrected chi connectivity index (χ0v) is 13.6. The molecule has 0 radical (unpaired) electrons. The van der Waals surface area contributed by atoms with E-state index >= 15 is 0 Å². The van der Waals surface area contributed by atoms with Crippen LogP contribution in [0.15, 0.2) is 0 Å². The lowest BCUT2D eigenvalue weighted by Crippen LogP contribution is -2.46. The van der Waals surface area contributed by atoms with E-state index in [4.69, 9.17) is 4.74 Å². The van der Waals surface area contributed by atoms with Gasteiger partial charge in [-0.1, -0.05) is 6.92 Å². The van der Waals surface area contributed by atoms with Crippen molar-refractivity contribution in [1.29, 1.82) is 0 Å². The summed E-state index contributed by atoms with van der Waals surface area (Å²) >= 11 is 0. The number of morpholine rings is 1. The summed E-state index contributed by atoms with van der Waals surface area (Å²) in [6, 6.07) is 0.169. The summed E-state index contributed by atoms with van der Waals surface area (Å²) in [6.45, 7) is 7.20. The second-order valence-corrected chi connectivity index (χ2v) is 6.49. The average Bonchev–Trinajstić information content (AvgIpc) is 2.54. The molecule has 0 aromatic carbocycles. The molecular formula is C16H29N3O3. The summed E-state index contributed by atoms with van der Waals surface area (Å²) in [7, 11) is 0. The monoisotopic (exact) mass is 311 g/mol. The minimum absolute atomic E-state index is 0.169. The predicted molar refractivity (Wildman–Crippen MR) is 84.4 cm³/mol. The van der Waals surface area contributed by atoms with E-state index in [0.717, 1.165) is 70.9 Å². The fraction of sp³-hybridized carbons (Fsp3) is 0.875. The molecule has 2 fully saturated rings. The lowest BCUT2D eigenvalue weighted by Gasteiger charge is -2.27. The van der Waals surface area contributed by atoms with Gasteiger partial charge < -0.3 is 15.4 Å². The topological polar surface area (TPSA) is 70.7 Å². The minimum atomic E-state index is -0.499. The van der Waals surface area contributed by atoms with Crippen LogP contribution in [0.5, 0.6) is 0 Å². The fourth-order valence-corrected chi connectivity index (χ4v) is 3.06. The molecule has 0 spiro atoms. The van der Waals surface area contributed by atoms with Gasteiger partial charge in [0.05, 0.1) is 13.2 Å². The van der Waals surface area contributed by atoms with Gasteiger partial charge in [-0.05, 0) is 44.6 Å². The Morgan fingerprint density at radius 3 is 2.45 bits per heavy atom. The molecule has 2 aliphatic rings. The molecule has 6 nitrogen and oxygen atoms in total. The molecule has 0 aromatic heterocycles. The van der Waals surface area contributed by atoms with Crippen molar-refractivity contribution in [2.75, 3.05) is 39.4 Å². The highest BCUT2D eigenvalue weighted by Gasteiger charge is 2.22. The van der Waals surface area contributed by atoms with Crippen molar-refractivity contribution in [3.63, 3.8) is 0 Å². The summed E-state index contributed by atoms with van der Waals surface area (Å²) in [5.41, 5.74) is 0. The number of amides is 2. The van der Waals surface area contributed by atoms with Crippen LogP contribution in [0.1, 0.15) is 39.0 Å². The maximum atomic E-state index is 11.8.